The maximum Gasteiger partial charge on any atom is 0.271 e. The second-order valence-corrected chi connectivity index (χ2v) is 4.35. The summed E-state index contributed by atoms with van der Waals surface area (Å²) in [6.07, 6.45) is 1.47. The Morgan fingerprint density at radius 3 is 2.67 bits per heavy atom. The van der Waals surface area contributed by atoms with Gasteiger partial charge in [0.05, 0.1) is 11.2 Å². The minimum absolute atomic E-state index is 0. The van der Waals surface area contributed by atoms with Gasteiger partial charge in [0.2, 0.25) is 0 Å². The van der Waals surface area contributed by atoms with E-state index in [-0.39, 0.29) is 34.9 Å². The number of carbonyl (C=O) groups excluding carboxylic acids is 1. The third kappa shape index (κ3) is 4.76. The summed E-state index contributed by atoms with van der Waals surface area (Å²) in [7, 11) is 1.82. The Balaban J connectivity index is 0.00000289. The molecule has 7 heteroatoms. The maximum atomic E-state index is 11.8. The second-order valence-electron chi connectivity index (χ2n) is 3.94. The molecule has 0 saturated heterocycles. The molecule has 1 rings (SSSR count). The first-order valence-corrected chi connectivity index (χ1v) is 5.89. The molecule has 0 fully saturated rings. The van der Waals surface area contributed by atoms with Crippen molar-refractivity contribution in [2.45, 2.75) is 19.8 Å². The molecule has 1 heterocycles. The predicted molar refractivity (Wildman–Crippen MR) is 74.6 cm³/mol. The van der Waals surface area contributed by atoms with Gasteiger partial charge in [-0.3, -0.25) is 4.79 Å². The van der Waals surface area contributed by atoms with Gasteiger partial charge in [-0.2, -0.15) is 0 Å². The van der Waals surface area contributed by atoms with E-state index in [4.69, 9.17) is 11.6 Å². The first-order valence-electron chi connectivity index (χ1n) is 5.51. The van der Waals surface area contributed by atoms with Crippen LogP contribution in [0.5, 0.6) is 0 Å². The Kier molecular flexibility index (Phi) is 7.82. The lowest BCUT2D eigenvalue weighted by atomic mass is 10.2. The minimum atomic E-state index is -0.269. The highest BCUT2D eigenvalue weighted by Gasteiger charge is 2.14. The van der Waals surface area contributed by atoms with E-state index in [9.17, 15) is 4.79 Å². The Hall–Kier alpha value is -0.910. The van der Waals surface area contributed by atoms with Crippen molar-refractivity contribution in [1.29, 1.82) is 0 Å². The monoisotopic (exact) mass is 292 g/mol. The molecule has 0 bridgehead atoms. The Morgan fingerprint density at radius 2 is 2.11 bits per heavy atom. The molecule has 1 amide bonds. The van der Waals surface area contributed by atoms with Crippen molar-refractivity contribution < 1.29 is 4.79 Å². The van der Waals surface area contributed by atoms with E-state index in [2.05, 4.69) is 20.6 Å². The molecule has 5 nitrogen and oxygen atoms in total. The predicted octanol–water partition coefficient (Wildman–Crippen LogP) is 1.62. The Bertz CT molecular complexity index is 399. The van der Waals surface area contributed by atoms with Crippen LogP contribution in [0.2, 0.25) is 5.02 Å². The number of halogens is 2. The largest absolute Gasteiger partial charge is 0.349 e. The highest BCUT2D eigenvalue weighted by Crippen LogP contribution is 2.15. The molecule has 0 spiro atoms. The molecule has 2 N–H and O–H groups in total. The van der Waals surface area contributed by atoms with Crippen LogP contribution in [0, 0.1) is 0 Å². The summed E-state index contributed by atoms with van der Waals surface area (Å²) >= 11 is 5.91. The van der Waals surface area contributed by atoms with Crippen LogP contribution in [0.3, 0.4) is 0 Å². The first-order chi connectivity index (χ1) is 8.06. The molecule has 0 unspecified atom stereocenters. The third-order valence-corrected chi connectivity index (χ3v) is 2.43. The van der Waals surface area contributed by atoms with Crippen LogP contribution in [0.1, 0.15) is 36.1 Å². The highest BCUT2D eigenvalue weighted by molar-refractivity contribution is 6.33. The molecule has 1 aromatic heterocycles. The van der Waals surface area contributed by atoms with Gasteiger partial charge in [-0.15, -0.1) is 12.4 Å². The number of carbonyl (C=O) groups is 1. The van der Waals surface area contributed by atoms with Gasteiger partial charge in [-0.05, 0) is 7.05 Å². The van der Waals surface area contributed by atoms with Crippen LogP contribution in [0.25, 0.3) is 0 Å². The first kappa shape index (κ1) is 17.1. The average molecular weight is 293 g/mol. The van der Waals surface area contributed by atoms with Crippen LogP contribution < -0.4 is 10.6 Å². The molecule has 0 aliphatic rings. The van der Waals surface area contributed by atoms with Crippen molar-refractivity contribution in [3.63, 3.8) is 0 Å². The van der Waals surface area contributed by atoms with Crippen LogP contribution in [-0.4, -0.2) is 36.0 Å². The molecule has 0 atom stereocenters. The number of nitrogens with one attached hydrogen (secondary N) is 2. The number of likely N-dealkylation sites (N-methyl/N-ethyl adjacent to an activating group) is 1. The zero-order chi connectivity index (χ0) is 12.8. The second kappa shape index (κ2) is 8.24. The van der Waals surface area contributed by atoms with E-state index in [0.29, 0.717) is 18.9 Å². The van der Waals surface area contributed by atoms with Crippen molar-refractivity contribution in [3.8, 4) is 0 Å². The topological polar surface area (TPSA) is 66.9 Å². The number of hydrogen-bond acceptors (Lipinski definition) is 4. The van der Waals surface area contributed by atoms with E-state index in [1.807, 2.05) is 20.9 Å². The lowest BCUT2D eigenvalue weighted by Crippen LogP contribution is -2.31. The lowest BCUT2D eigenvalue weighted by Gasteiger charge is -2.08. The zero-order valence-corrected chi connectivity index (χ0v) is 12.2. The Morgan fingerprint density at radius 1 is 1.44 bits per heavy atom. The highest BCUT2D eigenvalue weighted by atomic mass is 35.5. The third-order valence-electron chi connectivity index (χ3n) is 2.15. The molecular weight excluding hydrogens is 275 g/mol. The van der Waals surface area contributed by atoms with E-state index in [1.165, 1.54) is 6.20 Å². The van der Waals surface area contributed by atoms with E-state index in [1.54, 1.807) is 0 Å². The molecule has 0 aromatic carbocycles. The summed E-state index contributed by atoms with van der Waals surface area (Å²) in [5.74, 6) is 0.513. The number of amides is 1. The summed E-state index contributed by atoms with van der Waals surface area (Å²) in [5.41, 5.74) is 0.237. The molecule has 0 saturated carbocycles. The van der Waals surface area contributed by atoms with E-state index in [0.717, 1.165) is 0 Å². The summed E-state index contributed by atoms with van der Waals surface area (Å²) < 4.78 is 0. The van der Waals surface area contributed by atoms with Crippen LogP contribution in [0.4, 0.5) is 0 Å². The van der Waals surface area contributed by atoms with Crippen molar-refractivity contribution in [3.05, 3.63) is 22.7 Å². The average Bonchev–Trinajstić information content (AvgIpc) is 2.29. The fraction of sp³-hybridized carbons (Fsp3) is 0.545. The lowest BCUT2D eigenvalue weighted by molar-refractivity contribution is 0.0949. The number of hydrogen-bond donors (Lipinski definition) is 2. The molecule has 0 aliphatic heterocycles. The van der Waals surface area contributed by atoms with Gasteiger partial charge in [-0.25, -0.2) is 9.97 Å². The van der Waals surface area contributed by atoms with Crippen molar-refractivity contribution >= 4 is 29.9 Å². The summed E-state index contributed by atoms with van der Waals surface area (Å²) in [6, 6.07) is 0. The van der Waals surface area contributed by atoms with Gasteiger partial charge in [0.1, 0.15) is 11.5 Å². The minimum Gasteiger partial charge on any atom is -0.349 e. The number of nitrogens with zero attached hydrogens (tertiary/aromatic N) is 2. The summed E-state index contributed by atoms with van der Waals surface area (Å²) in [4.78, 5) is 20.1. The van der Waals surface area contributed by atoms with Gasteiger partial charge >= 0.3 is 0 Å². The molecule has 1 aromatic rings. The SMILES string of the molecule is CNCCNC(=O)c1nc(C(C)C)ncc1Cl.Cl. The van der Waals surface area contributed by atoms with E-state index >= 15 is 0 Å². The quantitative estimate of drug-likeness (QED) is 0.810. The van der Waals surface area contributed by atoms with Crippen molar-refractivity contribution in [1.82, 2.24) is 20.6 Å². The normalized spacial score (nSPS) is 10.1. The molecule has 0 aliphatic carbocycles. The van der Waals surface area contributed by atoms with Crippen LogP contribution >= 0.6 is 24.0 Å². The fourth-order valence-electron chi connectivity index (χ4n) is 1.20. The van der Waals surface area contributed by atoms with Gasteiger partial charge in [0.25, 0.3) is 5.91 Å². The van der Waals surface area contributed by atoms with Crippen LogP contribution in [-0.2, 0) is 0 Å². The number of rotatable bonds is 5. The molecule has 0 radical (unpaired) electrons. The standard InChI is InChI=1S/C11H17ClN4O.ClH/c1-7(2)10-15-6-8(12)9(16-10)11(17)14-5-4-13-3;/h6-7,13H,4-5H2,1-3H3,(H,14,17);1H. The molecule has 102 valence electrons. The van der Waals surface area contributed by atoms with Crippen molar-refractivity contribution in [2.24, 2.45) is 0 Å². The summed E-state index contributed by atoms with van der Waals surface area (Å²) in [6.45, 7) is 5.16. The molecular formula is C11H18Cl2N4O. The zero-order valence-electron chi connectivity index (χ0n) is 10.7. The van der Waals surface area contributed by atoms with Crippen LogP contribution in [0.15, 0.2) is 6.20 Å². The fourth-order valence-corrected chi connectivity index (χ4v) is 1.38. The van der Waals surface area contributed by atoms with E-state index < -0.39 is 0 Å². The van der Waals surface area contributed by atoms with Gasteiger partial charge in [-0.1, -0.05) is 25.4 Å². The number of aromatic nitrogens is 2. The smallest absolute Gasteiger partial charge is 0.271 e. The molecule has 18 heavy (non-hydrogen) atoms. The van der Waals surface area contributed by atoms with Crippen molar-refractivity contribution in [2.75, 3.05) is 20.1 Å². The van der Waals surface area contributed by atoms with Gasteiger partial charge in [0, 0.05) is 19.0 Å². The van der Waals surface area contributed by atoms with Gasteiger partial charge < -0.3 is 10.6 Å². The summed E-state index contributed by atoms with van der Waals surface area (Å²) in [5, 5.41) is 5.94. The van der Waals surface area contributed by atoms with Gasteiger partial charge in [0.15, 0.2) is 0 Å². The maximum absolute atomic E-state index is 11.8. The Labute approximate surface area is 118 Å².